The number of rotatable bonds is 9. The van der Waals surface area contributed by atoms with E-state index in [2.05, 4.69) is 6.92 Å². The Bertz CT molecular complexity index is 420. The van der Waals surface area contributed by atoms with E-state index in [-0.39, 0.29) is 17.5 Å². The Hall–Kier alpha value is -1.45. The second-order valence-corrected chi connectivity index (χ2v) is 5.10. The molecule has 0 aliphatic carbocycles. The van der Waals surface area contributed by atoms with E-state index in [0.717, 1.165) is 19.3 Å². The van der Waals surface area contributed by atoms with Crippen molar-refractivity contribution in [1.82, 2.24) is 0 Å². The number of hydrogen-bond acceptors (Lipinski definition) is 4. The molecule has 0 saturated heterocycles. The van der Waals surface area contributed by atoms with Crippen LogP contribution in [0.1, 0.15) is 70.3 Å². The Morgan fingerprint density at radius 2 is 1.80 bits per heavy atom. The van der Waals surface area contributed by atoms with Crippen LogP contribution in [0.5, 0.6) is 11.5 Å². The van der Waals surface area contributed by atoms with Gasteiger partial charge in [0.25, 0.3) is 0 Å². The van der Waals surface area contributed by atoms with Crippen molar-refractivity contribution in [2.75, 3.05) is 0 Å². The van der Waals surface area contributed by atoms with Gasteiger partial charge in [0.2, 0.25) is 11.5 Å². The largest absolute Gasteiger partial charge is 0.502 e. The van der Waals surface area contributed by atoms with Gasteiger partial charge in [-0.3, -0.25) is 4.79 Å². The number of carbonyl (C=O) groups excluding carboxylic acids is 1. The van der Waals surface area contributed by atoms with Crippen molar-refractivity contribution in [2.24, 2.45) is 0 Å². The van der Waals surface area contributed by atoms with Gasteiger partial charge in [-0.2, -0.15) is 0 Å². The molecule has 114 valence electrons. The molecule has 1 aromatic rings. The molecule has 0 aliphatic heterocycles. The number of aromatic hydroxyl groups is 1. The molecule has 4 nitrogen and oxygen atoms in total. The van der Waals surface area contributed by atoms with Gasteiger partial charge in [0.1, 0.15) is 11.5 Å². The third-order valence-electron chi connectivity index (χ3n) is 3.35. The van der Waals surface area contributed by atoms with E-state index in [0.29, 0.717) is 24.4 Å². The Morgan fingerprint density at radius 3 is 2.40 bits per heavy atom. The van der Waals surface area contributed by atoms with Crippen LogP contribution in [0.2, 0.25) is 0 Å². The Balaban J connectivity index is 2.34. The standard InChI is InChI=1S/C16H26O4/c1-4-6-7-8-9-10-11-14(17)20-16-12(3)19-13(5-2)15(16)18/h18H,4-11H2,1-3H3. The van der Waals surface area contributed by atoms with Crippen LogP contribution in [-0.4, -0.2) is 11.1 Å². The van der Waals surface area contributed by atoms with Crippen LogP contribution in [0.3, 0.4) is 0 Å². The molecule has 1 aromatic heterocycles. The van der Waals surface area contributed by atoms with Gasteiger partial charge in [0, 0.05) is 12.8 Å². The average Bonchev–Trinajstić information content (AvgIpc) is 2.70. The fraction of sp³-hybridized carbons (Fsp3) is 0.688. The van der Waals surface area contributed by atoms with E-state index in [4.69, 9.17) is 9.15 Å². The average molecular weight is 282 g/mol. The maximum absolute atomic E-state index is 11.7. The first kappa shape index (κ1) is 16.6. The summed E-state index contributed by atoms with van der Waals surface area (Å²) in [6, 6.07) is 0. The van der Waals surface area contributed by atoms with Crippen molar-refractivity contribution in [3.8, 4) is 11.5 Å². The van der Waals surface area contributed by atoms with Gasteiger partial charge in [0.15, 0.2) is 0 Å². The first-order valence-corrected chi connectivity index (χ1v) is 7.62. The summed E-state index contributed by atoms with van der Waals surface area (Å²) in [6.45, 7) is 5.74. The number of unbranched alkanes of at least 4 members (excludes halogenated alkanes) is 5. The predicted octanol–water partition coefficient (Wildman–Crippen LogP) is 4.51. The molecular formula is C16H26O4. The van der Waals surface area contributed by atoms with Gasteiger partial charge < -0.3 is 14.3 Å². The first-order valence-electron chi connectivity index (χ1n) is 7.62. The highest BCUT2D eigenvalue weighted by Gasteiger charge is 2.19. The van der Waals surface area contributed by atoms with E-state index in [1.54, 1.807) is 6.92 Å². The highest BCUT2D eigenvalue weighted by Crippen LogP contribution is 2.37. The van der Waals surface area contributed by atoms with Crippen LogP contribution in [0.4, 0.5) is 0 Å². The van der Waals surface area contributed by atoms with Crippen LogP contribution < -0.4 is 4.74 Å². The molecule has 4 heteroatoms. The lowest BCUT2D eigenvalue weighted by Crippen LogP contribution is -2.07. The molecular weight excluding hydrogens is 256 g/mol. The molecule has 0 spiro atoms. The van der Waals surface area contributed by atoms with Gasteiger partial charge in [-0.15, -0.1) is 0 Å². The van der Waals surface area contributed by atoms with Gasteiger partial charge in [-0.05, 0) is 13.3 Å². The molecule has 1 N–H and O–H groups in total. The summed E-state index contributed by atoms with van der Waals surface area (Å²) in [4.78, 5) is 11.7. The van der Waals surface area contributed by atoms with E-state index < -0.39 is 0 Å². The van der Waals surface area contributed by atoms with Gasteiger partial charge in [0.05, 0.1) is 0 Å². The second-order valence-electron chi connectivity index (χ2n) is 5.10. The number of esters is 1. The topological polar surface area (TPSA) is 59.7 Å². The molecule has 0 atom stereocenters. The predicted molar refractivity (Wildman–Crippen MR) is 78.1 cm³/mol. The van der Waals surface area contributed by atoms with E-state index in [1.807, 2.05) is 6.92 Å². The number of carbonyl (C=O) groups is 1. The van der Waals surface area contributed by atoms with Gasteiger partial charge in [-0.1, -0.05) is 46.0 Å². The van der Waals surface area contributed by atoms with Crippen molar-refractivity contribution in [3.05, 3.63) is 11.5 Å². The normalized spacial score (nSPS) is 10.8. The molecule has 0 saturated carbocycles. The number of aryl methyl sites for hydroxylation is 2. The molecule has 0 aromatic carbocycles. The molecule has 0 aliphatic rings. The van der Waals surface area contributed by atoms with E-state index in [1.165, 1.54) is 19.3 Å². The lowest BCUT2D eigenvalue weighted by molar-refractivity contribution is -0.134. The Labute approximate surface area is 121 Å². The number of furan rings is 1. The smallest absolute Gasteiger partial charge is 0.311 e. The van der Waals surface area contributed by atoms with Crippen LogP contribution in [-0.2, 0) is 11.2 Å². The highest BCUT2D eigenvalue weighted by atomic mass is 16.6. The van der Waals surface area contributed by atoms with Crippen LogP contribution >= 0.6 is 0 Å². The van der Waals surface area contributed by atoms with Crippen LogP contribution in [0, 0.1) is 6.92 Å². The van der Waals surface area contributed by atoms with Crippen molar-refractivity contribution in [2.45, 2.75) is 72.1 Å². The zero-order valence-electron chi connectivity index (χ0n) is 12.8. The van der Waals surface area contributed by atoms with Crippen molar-refractivity contribution in [1.29, 1.82) is 0 Å². The Morgan fingerprint density at radius 1 is 1.15 bits per heavy atom. The van der Waals surface area contributed by atoms with Crippen LogP contribution in [0.15, 0.2) is 4.42 Å². The minimum atomic E-state index is -0.303. The lowest BCUT2D eigenvalue weighted by atomic mass is 10.1. The van der Waals surface area contributed by atoms with Crippen molar-refractivity contribution >= 4 is 5.97 Å². The van der Waals surface area contributed by atoms with Crippen molar-refractivity contribution < 1.29 is 19.1 Å². The van der Waals surface area contributed by atoms with Crippen molar-refractivity contribution in [3.63, 3.8) is 0 Å². The second kappa shape index (κ2) is 8.67. The summed E-state index contributed by atoms with van der Waals surface area (Å²) in [5.41, 5.74) is 0. The summed E-state index contributed by atoms with van der Waals surface area (Å²) in [5, 5.41) is 9.86. The fourth-order valence-corrected chi connectivity index (χ4v) is 2.15. The summed E-state index contributed by atoms with van der Waals surface area (Å²) < 4.78 is 10.5. The molecule has 0 fully saturated rings. The summed E-state index contributed by atoms with van der Waals surface area (Å²) in [7, 11) is 0. The van der Waals surface area contributed by atoms with E-state index in [9.17, 15) is 9.90 Å². The number of ether oxygens (including phenoxy) is 1. The quantitative estimate of drug-likeness (QED) is 0.534. The highest BCUT2D eigenvalue weighted by molar-refractivity contribution is 5.73. The molecule has 1 rings (SSSR count). The molecule has 0 amide bonds. The molecule has 20 heavy (non-hydrogen) atoms. The summed E-state index contributed by atoms with van der Waals surface area (Å²) in [5.74, 6) is 0.752. The molecule has 0 radical (unpaired) electrons. The minimum Gasteiger partial charge on any atom is -0.502 e. The SMILES string of the molecule is CCCCCCCCC(=O)Oc1c(C)oc(CC)c1O. The Kier molecular flexibility index (Phi) is 7.20. The molecule has 0 bridgehead atoms. The maximum atomic E-state index is 11.7. The van der Waals surface area contributed by atoms with Gasteiger partial charge in [-0.25, -0.2) is 0 Å². The summed E-state index contributed by atoms with van der Waals surface area (Å²) >= 11 is 0. The monoisotopic (exact) mass is 282 g/mol. The third kappa shape index (κ3) is 4.91. The lowest BCUT2D eigenvalue weighted by Gasteiger charge is -2.03. The zero-order valence-corrected chi connectivity index (χ0v) is 12.8. The zero-order chi connectivity index (χ0) is 15.0. The summed E-state index contributed by atoms with van der Waals surface area (Å²) in [6.07, 6.45) is 7.71. The van der Waals surface area contributed by atoms with Gasteiger partial charge >= 0.3 is 5.97 Å². The van der Waals surface area contributed by atoms with E-state index >= 15 is 0 Å². The first-order chi connectivity index (χ1) is 9.60. The third-order valence-corrected chi connectivity index (χ3v) is 3.35. The maximum Gasteiger partial charge on any atom is 0.311 e. The molecule has 0 unspecified atom stereocenters. The minimum absolute atomic E-state index is 0.0405. The van der Waals surface area contributed by atoms with Crippen LogP contribution in [0.25, 0.3) is 0 Å². The fourth-order valence-electron chi connectivity index (χ4n) is 2.15. The number of hydrogen-bond donors (Lipinski definition) is 1. The molecule has 1 heterocycles.